The first-order chi connectivity index (χ1) is 5.52. The summed E-state index contributed by atoms with van der Waals surface area (Å²) in [7, 11) is 3.68. The van der Waals surface area contributed by atoms with E-state index in [-0.39, 0.29) is 5.83 Å². The molecule has 1 aliphatic rings. The highest BCUT2D eigenvalue weighted by atomic mass is 19.1. The van der Waals surface area contributed by atoms with Crippen LogP contribution in [0.15, 0.2) is 36.0 Å². The van der Waals surface area contributed by atoms with Crippen LogP contribution in [-0.2, 0) is 0 Å². The Kier molecular flexibility index (Phi) is 2.33. The highest BCUT2D eigenvalue weighted by molar-refractivity contribution is 5.35. The molecule has 12 heavy (non-hydrogen) atoms. The molecule has 2 nitrogen and oxygen atoms in total. The number of hydrogen-bond acceptors (Lipinski definition) is 2. The second kappa shape index (κ2) is 3.11. The minimum atomic E-state index is -0.274. The quantitative estimate of drug-likeness (QED) is 0.591. The molecule has 1 aliphatic heterocycles. The van der Waals surface area contributed by atoms with Crippen LogP contribution >= 0.6 is 0 Å². The zero-order valence-electron chi connectivity index (χ0n) is 7.63. The van der Waals surface area contributed by atoms with Crippen molar-refractivity contribution >= 4 is 0 Å². The average molecular weight is 168 g/mol. The standard InChI is InChI=1S/C9H13FN2/c1-7-5-9(10)8(2)12(6-7)11(3)4/h5-6H,2H2,1,3-4H3. The molecule has 0 bridgehead atoms. The van der Waals surface area contributed by atoms with E-state index >= 15 is 0 Å². The SMILES string of the molecule is C=C1C(F)=CC(C)=CN1N(C)C. The molecule has 0 radical (unpaired) electrons. The van der Waals surface area contributed by atoms with Crippen LogP contribution in [0.3, 0.4) is 0 Å². The molecule has 0 atom stereocenters. The van der Waals surface area contributed by atoms with Crippen molar-refractivity contribution in [1.82, 2.24) is 10.0 Å². The van der Waals surface area contributed by atoms with Gasteiger partial charge in [-0.1, -0.05) is 6.58 Å². The van der Waals surface area contributed by atoms with Crippen LogP contribution < -0.4 is 0 Å². The minimum absolute atomic E-state index is 0.274. The second-order valence-corrected chi connectivity index (χ2v) is 3.00. The molecule has 1 rings (SSSR count). The lowest BCUT2D eigenvalue weighted by Gasteiger charge is -2.31. The van der Waals surface area contributed by atoms with Gasteiger partial charge < -0.3 is 0 Å². The molecule has 0 aliphatic carbocycles. The lowest BCUT2D eigenvalue weighted by molar-refractivity contribution is 0.121. The van der Waals surface area contributed by atoms with Crippen LogP contribution in [0, 0.1) is 0 Å². The zero-order chi connectivity index (χ0) is 9.30. The van der Waals surface area contributed by atoms with Crippen molar-refractivity contribution in [1.29, 1.82) is 0 Å². The molecule has 0 amide bonds. The Hall–Kier alpha value is -1.09. The van der Waals surface area contributed by atoms with Gasteiger partial charge in [0.1, 0.15) is 5.83 Å². The summed E-state index contributed by atoms with van der Waals surface area (Å²) in [6.07, 6.45) is 3.31. The van der Waals surface area contributed by atoms with Gasteiger partial charge in [0.15, 0.2) is 0 Å². The number of nitrogens with zero attached hydrogens (tertiary/aromatic N) is 2. The van der Waals surface area contributed by atoms with Crippen LogP contribution in [0.4, 0.5) is 4.39 Å². The molecular weight excluding hydrogens is 155 g/mol. The maximum atomic E-state index is 13.1. The second-order valence-electron chi connectivity index (χ2n) is 3.00. The van der Waals surface area contributed by atoms with Crippen LogP contribution in [0.5, 0.6) is 0 Å². The van der Waals surface area contributed by atoms with Crippen molar-refractivity contribution in [3.63, 3.8) is 0 Å². The van der Waals surface area contributed by atoms with E-state index in [4.69, 9.17) is 0 Å². The van der Waals surface area contributed by atoms with Crippen molar-refractivity contribution in [2.24, 2.45) is 0 Å². The first-order valence-corrected chi connectivity index (χ1v) is 3.73. The highest BCUT2D eigenvalue weighted by Gasteiger charge is 2.15. The van der Waals surface area contributed by atoms with Gasteiger partial charge in [-0.15, -0.1) is 0 Å². The molecule has 0 aromatic rings. The van der Waals surface area contributed by atoms with E-state index in [2.05, 4.69) is 6.58 Å². The van der Waals surface area contributed by atoms with Gasteiger partial charge in [-0.25, -0.2) is 9.40 Å². The molecule has 0 N–H and O–H groups in total. The minimum Gasteiger partial charge on any atom is -0.280 e. The third-order valence-corrected chi connectivity index (χ3v) is 1.66. The fourth-order valence-corrected chi connectivity index (χ4v) is 1.06. The van der Waals surface area contributed by atoms with Crippen molar-refractivity contribution < 1.29 is 4.39 Å². The fraction of sp³-hybridized carbons (Fsp3) is 0.333. The number of hydrogen-bond donors (Lipinski definition) is 0. The molecule has 0 aromatic carbocycles. The van der Waals surface area contributed by atoms with E-state index in [1.807, 2.05) is 27.2 Å². The maximum absolute atomic E-state index is 13.1. The fourth-order valence-electron chi connectivity index (χ4n) is 1.06. The van der Waals surface area contributed by atoms with Crippen LogP contribution in [-0.4, -0.2) is 24.1 Å². The Labute approximate surface area is 72.2 Å². The maximum Gasteiger partial charge on any atom is 0.148 e. The topological polar surface area (TPSA) is 6.48 Å². The van der Waals surface area contributed by atoms with Crippen LogP contribution in [0.25, 0.3) is 0 Å². The van der Waals surface area contributed by atoms with E-state index < -0.39 is 0 Å². The summed E-state index contributed by atoms with van der Waals surface area (Å²) in [5, 5.41) is 3.45. The summed E-state index contributed by atoms with van der Waals surface area (Å²) in [4.78, 5) is 0. The predicted molar refractivity (Wildman–Crippen MR) is 47.6 cm³/mol. The molecule has 1 heterocycles. The van der Waals surface area contributed by atoms with Gasteiger partial charge >= 0.3 is 0 Å². The Bertz CT molecular complexity index is 264. The first kappa shape index (κ1) is 9.00. The summed E-state index contributed by atoms with van der Waals surface area (Å²) >= 11 is 0. The number of halogens is 1. The van der Waals surface area contributed by atoms with Gasteiger partial charge in [0.05, 0.1) is 5.70 Å². The van der Waals surface area contributed by atoms with Gasteiger partial charge in [0, 0.05) is 20.3 Å². The summed E-state index contributed by atoms with van der Waals surface area (Å²) in [5.74, 6) is -0.274. The summed E-state index contributed by atoms with van der Waals surface area (Å²) in [6.45, 7) is 5.48. The first-order valence-electron chi connectivity index (χ1n) is 3.73. The van der Waals surface area contributed by atoms with E-state index in [0.717, 1.165) is 5.57 Å². The summed E-state index contributed by atoms with van der Waals surface area (Å²) in [6, 6.07) is 0. The van der Waals surface area contributed by atoms with Crippen molar-refractivity contribution in [2.45, 2.75) is 6.92 Å². The smallest absolute Gasteiger partial charge is 0.148 e. The number of hydrazine groups is 1. The molecule has 0 aromatic heterocycles. The molecule has 3 heteroatoms. The van der Waals surface area contributed by atoms with E-state index in [1.54, 1.807) is 10.0 Å². The lowest BCUT2D eigenvalue weighted by Crippen LogP contribution is -2.32. The third-order valence-electron chi connectivity index (χ3n) is 1.66. The molecular formula is C9H13FN2. The Morgan fingerprint density at radius 2 is 2.08 bits per heavy atom. The normalized spacial score (nSPS) is 18.1. The van der Waals surface area contributed by atoms with E-state index in [1.165, 1.54) is 6.08 Å². The van der Waals surface area contributed by atoms with Crippen molar-refractivity contribution in [2.75, 3.05) is 14.1 Å². The van der Waals surface area contributed by atoms with Crippen molar-refractivity contribution in [3.8, 4) is 0 Å². The van der Waals surface area contributed by atoms with Gasteiger partial charge in [-0.3, -0.25) is 5.01 Å². The average Bonchev–Trinajstić information content (AvgIpc) is 1.96. The highest BCUT2D eigenvalue weighted by Crippen LogP contribution is 2.23. The summed E-state index contributed by atoms with van der Waals surface area (Å²) in [5.41, 5.74) is 1.26. The molecule has 0 fully saturated rings. The van der Waals surface area contributed by atoms with E-state index in [9.17, 15) is 4.39 Å². The Balaban J connectivity index is 2.94. The van der Waals surface area contributed by atoms with Gasteiger partial charge in [-0.05, 0) is 18.6 Å². The van der Waals surface area contributed by atoms with Crippen LogP contribution in [0.2, 0.25) is 0 Å². The number of allylic oxidation sites excluding steroid dienone is 3. The third kappa shape index (κ3) is 1.56. The molecule has 0 saturated heterocycles. The van der Waals surface area contributed by atoms with Gasteiger partial charge in [-0.2, -0.15) is 0 Å². The molecule has 0 saturated carbocycles. The Morgan fingerprint density at radius 1 is 1.50 bits per heavy atom. The van der Waals surface area contributed by atoms with Gasteiger partial charge in [0.25, 0.3) is 0 Å². The largest absolute Gasteiger partial charge is 0.280 e. The lowest BCUT2D eigenvalue weighted by atomic mass is 10.2. The molecule has 0 spiro atoms. The predicted octanol–water partition coefficient (Wildman–Crippen LogP) is 2.05. The summed E-state index contributed by atoms with van der Waals surface area (Å²) < 4.78 is 13.1. The number of rotatable bonds is 1. The van der Waals surface area contributed by atoms with E-state index in [0.29, 0.717) is 5.70 Å². The van der Waals surface area contributed by atoms with Crippen LogP contribution in [0.1, 0.15) is 6.92 Å². The molecule has 0 unspecified atom stereocenters. The monoisotopic (exact) mass is 168 g/mol. The Morgan fingerprint density at radius 3 is 2.58 bits per heavy atom. The zero-order valence-corrected chi connectivity index (χ0v) is 7.63. The van der Waals surface area contributed by atoms with Gasteiger partial charge in [0.2, 0.25) is 0 Å². The van der Waals surface area contributed by atoms with Crippen molar-refractivity contribution in [3.05, 3.63) is 36.0 Å². The molecule has 66 valence electrons.